The van der Waals surface area contributed by atoms with Crippen LogP contribution in [0.5, 0.6) is 0 Å². The number of hydrogen-bond donors (Lipinski definition) is 2. The molecular weight excluding hydrogens is 428 g/mol. The van der Waals surface area contributed by atoms with Gasteiger partial charge in [0.05, 0.1) is 5.92 Å². The summed E-state index contributed by atoms with van der Waals surface area (Å²) in [5.74, 6) is 0.0881. The molecule has 1 amide bonds. The van der Waals surface area contributed by atoms with Gasteiger partial charge in [0, 0.05) is 58.1 Å². The number of likely N-dealkylation sites (tertiary alicyclic amines) is 1. The van der Waals surface area contributed by atoms with E-state index in [1.807, 2.05) is 4.90 Å². The molecule has 4 heterocycles. The van der Waals surface area contributed by atoms with E-state index in [4.69, 9.17) is 5.73 Å². The highest BCUT2D eigenvalue weighted by Gasteiger charge is 2.42. The van der Waals surface area contributed by atoms with Crippen LogP contribution in [0, 0.1) is 5.92 Å². The molecule has 3 fully saturated rings. The first-order valence-corrected chi connectivity index (χ1v) is 13.3. The molecule has 3 atom stereocenters. The van der Waals surface area contributed by atoms with Gasteiger partial charge in [-0.1, -0.05) is 0 Å². The van der Waals surface area contributed by atoms with E-state index in [-0.39, 0.29) is 29.4 Å². The lowest BCUT2D eigenvalue weighted by atomic mass is 9.92. The Kier molecular flexibility index (Phi) is 7.46. The summed E-state index contributed by atoms with van der Waals surface area (Å²) in [6.07, 6.45) is 4.65. The van der Waals surface area contributed by atoms with Gasteiger partial charge in [0.2, 0.25) is 15.7 Å². The van der Waals surface area contributed by atoms with Crippen LogP contribution in [0.3, 0.4) is 0 Å². The number of aromatic nitrogens is 1. The zero-order chi connectivity index (χ0) is 22.7. The molecular formula is C22H36N6O3S. The minimum atomic E-state index is -3.63. The second-order valence-electron chi connectivity index (χ2n) is 9.31. The Hall–Kier alpha value is -1.59. The molecule has 10 heteroatoms. The lowest BCUT2D eigenvalue weighted by Gasteiger charge is -2.44. The number of nitrogens with one attached hydrogen (secondary N) is 1. The van der Waals surface area contributed by atoms with Crippen LogP contribution < -0.4 is 11.1 Å². The summed E-state index contributed by atoms with van der Waals surface area (Å²) in [6, 6.07) is 3.36. The molecule has 0 saturated carbocycles. The number of carbonyl (C=O) groups is 1. The first kappa shape index (κ1) is 23.6. The first-order valence-electron chi connectivity index (χ1n) is 11.7. The summed E-state index contributed by atoms with van der Waals surface area (Å²) < 4.78 is 27.1. The van der Waals surface area contributed by atoms with Gasteiger partial charge in [-0.15, -0.1) is 0 Å². The zero-order valence-corrected chi connectivity index (χ0v) is 19.8. The summed E-state index contributed by atoms with van der Waals surface area (Å²) in [6.45, 7) is 5.69. The molecule has 0 aliphatic carbocycles. The average molecular weight is 465 g/mol. The van der Waals surface area contributed by atoms with Gasteiger partial charge in [-0.2, -0.15) is 0 Å². The molecule has 0 aromatic carbocycles. The number of likely N-dealkylation sites (N-methyl/N-ethyl adjacent to an activating group) is 1. The van der Waals surface area contributed by atoms with Crippen LogP contribution in [0.4, 0.5) is 0 Å². The van der Waals surface area contributed by atoms with E-state index in [2.05, 4.69) is 27.1 Å². The molecule has 3 aliphatic rings. The number of nitrogens with two attached hydrogens (primary N) is 1. The van der Waals surface area contributed by atoms with Crippen molar-refractivity contribution in [2.24, 2.45) is 11.7 Å². The van der Waals surface area contributed by atoms with Crippen LogP contribution >= 0.6 is 0 Å². The lowest BCUT2D eigenvalue weighted by Crippen LogP contribution is -2.58. The van der Waals surface area contributed by atoms with Crippen molar-refractivity contribution >= 4 is 15.7 Å². The lowest BCUT2D eigenvalue weighted by molar-refractivity contribution is -0.138. The van der Waals surface area contributed by atoms with Crippen LogP contribution in [-0.2, 0) is 21.2 Å². The first-order chi connectivity index (χ1) is 15.4. The predicted octanol–water partition coefficient (Wildman–Crippen LogP) is -0.122. The largest absolute Gasteiger partial charge is 0.340 e. The van der Waals surface area contributed by atoms with Crippen molar-refractivity contribution in [3.8, 4) is 0 Å². The van der Waals surface area contributed by atoms with Gasteiger partial charge >= 0.3 is 0 Å². The molecule has 4 rings (SSSR count). The second kappa shape index (κ2) is 10.1. The summed E-state index contributed by atoms with van der Waals surface area (Å²) in [4.78, 5) is 23.7. The molecule has 0 bridgehead atoms. The van der Waals surface area contributed by atoms with Crippen molar-refractivity contribution in [2.75, 3.05) is 52.9 Å². The van der Waals surface area contributed by atoms with Crippen LogP contribution in [0.2, 0.25) is 0 Å². The third-order valence-corrected chi connectivity index (χ3v) is 9.16. The van der Waals surface area contributed by atoms with Crippen molar-refractivity contribution < 1.29 is 13.2 Å². The van der Waals surface area contributed by atoms with Gasteiger partial charge in [-0.25, -0.2) is 13.4 Å². The standard InChI is InChI=1S/C22H36N6O3S/c1-26-8-10-27(11-9-26)22(29)18-13-19(16-24-15-18)28-7-3-2-4-21(28)32(30,31)20-12-17(14-23)5-6-25-20/h5-6,12,18-19,21,24H,2-4,7-11,13-16,23H2,1H3/t18?,19?,21-/m1/s1. The fraction of sp³-hybridized carbons (Fsp3) is 0.727. The van der Waals surface area contributed by atoms with E-state index in [1.54, 1.807) is 12.1 Å². The van der Waals surface area contributed by atoms with E-state index in [0.717, 1.165) is 51.1 Å². The van der Waals surface area contributed by atoms with Crippen LogP contribution in [0.1, 0.15) is 31.2 Å². The van der Waals surface area contributed by atoms with Gasteiger partial charge in [0.1, 0.15) is 5.37 Å². The van der Waals surface area contributed by atoms with Gasteiger partial charge in [-0.05, 0) is 57.0 Å². The summed E-state index contributed by atoms with van der Waals surface area (Å²) >= 11 is 0. The maximum absolute atomic E-state index is 13.6. The number of hydrogen-bond acceptors (Lipinski definition) is 8. The molecule has 9 nitrogen and oxygen atoms in total. The summed E-state index contributed by atoms with van der Waals surface area (Å²) in [7, 11) is -1.55. The average Bonchev–Trinajstić information content (AvgIpc) is 2.84. The number of pyridine rings is 1. The molecule has 3 saturated heterocycles. The molecule has 0 radical (unpaired) electrons. The summed E-state index contributed by atoms with van der Waals surface area (Å²) in [5.41, 5.74) is 6.48. The molecule has 1 aromatic rings. The van der Waals surface area contributed by atoms with Crippen molar-refractivity contribution in [3.63, 3.8) is 0 Å². The third kappa shape index (κ3) is 4.99. The van der Waals surface area contributed by atoms with Crippen molar-refractivity contribution in [3.05, 3.63) is 23.9 Å². The minimum Gasteiger partial charge on any atom is -0.340 e. The Balaban J connectivity index is 1.50. The molecule has 3 N–H and O–H groups in total. The number of piperidine rings is 2. The highest BCUT2D eigenvalue weighted by molar-refractivity contribution is 7.91. The molecule has 178 valence electrons. The fourth-order valence-electron chi connectivity index (χ4n) is 5.19. The zero-order valence-electron chi connectivity index (χ0n) is 18.9. The van der Waals surface area contributed by atoms with Crippen molar-refractivity contribution in [1.82, 2.24) is 25.0 Å². The number of nitrogens with zero attached hydrogens (tertiary/aromatic N) is 4. The summed E-state index contributed by atoms with van der Waals surface area (Å²) in [5, 5.41) is 2.91. The number of piperazine rings is 1. The minimum absolute atomic E-state index is 0.0166. The number of carbonyl (C=O) groups excluding carboxylic acids is 1. The molecule has 2 unspecified atom stereocenters. The Morgan fingerprint density at radius 3 is 2.72 bits per heavy atom. The van der Waals surface area contributed by atoms with Gasteiger partial charge < -0.3 is 20.9 Å². The SMILES string of the molecule is CN1CCN(C(=O)C2CNCC(N3CCCC[C@H]3S(=O)(=O)c3cc(CN)ccn3)C2)CC1. The maximum Gasteiger partial charge on any atom is 0.227 e. The Morgan fingerprint density at radius 2 is 1.97 bits per heavy atom. The van der Waals surface area contributed by atoms with Gasteiger partial charge in [0.25, 0.3) is 0 Å². The molecule has 3 aliphatic heterocycles. The van der Waals surface area contributed by atoms with E-state index in [0.29, 0.717) is 25.9 Å². The maximum atomic E-state index is 13.6. The van der Waals surface area contributed by atoms with Gasteiger partial charge in [0.15, 0.2) is 5.03 Å². The number of rotatable bonds is 5. The third-order valence-electron chi connectivity index (χ3n) is 7.13. The topological polar surface area (TPSA) is 112 Å². The number of amides is 1. The highest BCUT2D eigenvalue weighted by Crippen LogP contribution is 2.31. The predicted molar refractivity (Wildman–Crippen MR) is 123 cm³/mol. The Bertz CT molecular complexity index is 903. The van der Waals surface area contributed by atoms with E-state index in [9.17, 15) is 13.2 Å². The van der Waals surface area contributed by atoms with E-state index >= 15 is 0 Å². The smallest absolute Gasteiger partial charge is 0.227 e. The van der Waals surface area contributed by atoms with Crippen molar-refractivity contribution in [2.45, 2.75) is 48.7 Å². The van der Waals surface area contributed by atoms with Gasteiger partial charge in [-0.3, -0.25) is 9.69 Å². The number of sulfone groups is 1. The van der Waals surface area contributed by atoms with Crippen molar-refractivity contribution in [1.29, 1.82) is 0 Å². The quantitative estimate of drug-likeness (QED) is 0.620. The normalized spacial score (nSPS) is 28.6. The fourth-order valence-corrected chi connectivity index (χ4v) is 7.10. The Labute approximate surface area is 191 Å². The molecule has 1 aromatic heterocycles. The van der Waals surface area contributed by atoms with Crippen LogP contribution in [0.15, 0.2) is 23.4 Å². The van der Waals surface area contributed by atoms with E-state index in [1.165, 1.54) is 6.20 Å². The monoisotopic (exact) mass is 464 g/mol. The van der Waals surface area contributed by atoms with E-state index < -0.39 is 15.2 Å². The van der Waals surface area contributed by atoms with Crippen LogP contribution in [0.25, 0.3) is 0 Å². The second-order valence-corrected chi connectivity index (χ2v) is 11.4. The Morgan fingerprint density at radius 1 is 1.19 bits per heavy atom. The molecule has 32 heavy (non-hydrogen) atoms. The van der Waals surface area contributed by atoms with Crippen LogP contribution in [-0.4, -0.2) is 98.3 Å². The molecule has 0 spiro atoms. The highest BCUT2D eigenvalue weighted by atomic mass is 32.2.